The van der Waals surface area contributed by atoms with E-state index in [0.29, 0.717) is 6.04 Å². The zero-order valence-corrected chi connectivity index (χ0v) is 11.5. The van der Waals surface area contributed by atoms with Crippen molar-refractivity contribution in [1.29, 1.82) is 0 Å². The van der Waals surface area contributed by atoms with E-state index in [2.05, 4.69) is 24.1 Å². The van der Waals surface area contributed by atoms with Crippen LogP contribution in [0.3, 0.4) is 0 Å². The quantitative estimate of drug-likeness (QED) is 0.632. The van der Waals surface area contributed by atoms with E-state index in [4.69, 9.17) is 0 Å². The lowest BCUT2D eigenvalue weighted by atomic mass is 9.98. The molecule has 1 heterocycles. The number of likely N-dealkylation sites (N-methyl/N-ethyl adjacent to an activating group) is 1. The highest BCUT2D eigenvalue weighted by Gasteiger charge is 2.29. The van der Waals surface area contributed by atoms with Gasteiger partial charge in [0, 0.05) is 37.3 Å². The third kappa shape index (κ3) is 2.93. The Bertz CT molecular complexity index is 446. The van der Waals surface area contributed by atoms with Crippen LogP contribution >= 0.6 is 0 Å². The molecule has 0 radical (unpaired) electrons. The van der Waals surface area contributed by atoms with Crippen molar-refractivity contribution in [3.63, 3.8) is 0 Å². The van der Waals surface area contributed by atoms with Crippen LogP contribution in [0.25, 0.3) is 0 Å². The summed E-state index contributed by atoms with van der Waals surface area (Å²) in [5, 5.41) is 14.2. The second-order valence-electron chi connectivity index (χ2n) is 4.92. The SMILES string of the molecule is CCC(c1cccc([N+](=O)[O-])c1)N(CC)C1CNC1. The van der Waals surface area contributed by atoms with Gasteiger partial charge in [-0.05, 0) is 18.5 Å². The summed E-state index contributed by atoms with van der Waals surface area (Å²) in [6.07, 6.45) is 0.964. The topological polar surface area (TPSA) is 58.4 Å². The summed E-state index contributed by atoms with van der Waals surface area (Å²) in [5.74, 6) is 0. The molecule has 0 spiro atoms. The number of rotatable bonds is 6. The van der Waals surface area contributed by atoms with E-state index >= 15 is 0 Å². The number of non-ortho nitro benzene ring substituents is 1. The maximum absolute atomic E-state index is 10.9. The number of nitrogens with zero attached hydrogens (tertiary/aromatic N) is 2. The second-order valence-corrected chi connectivity index (χ2v) is 4.92. The number of nitrogens with one attached hydrogen (secondary N) is 1. The van der Waals surface area contributed by atoms with E-state index in [1.807, 2.05) is 6.07 Å². The van der Waals surface area contributed by atoms with E-state index in [-0.39, 0.29) is 16.7 Å². The van der Waals surface area contributed by atoms with E-state index < -0.39 is 0 Å². The van der Waals surface area contributed by atoms with Crippen molar-refractivity contribution >= 4 is 5.69 Å². The van der Waals surface area contributed by atoms with Crippen LogP contribution in [-0.2, 0) is 0 Å². The molecule has 1 saturated heterocycles. The summed E-state index contributed by atoms with van der Waals surface area (Å²) in [5.41, 5.74) is 1.23. The Morgan fingerprint density at radius 1 is 1.47 bits per heavy atom. The van der Waals surface area contributed by atoms with Gasteiger partial charge in [0.25, 0.3) is 5.69 Å². The lowest BCUT2D eigenvalue weighted by Crippen LogP contribution is -2.57. The lowest BCUT2D eigenvalue weighted by molar-refractivity contribution is -0.385. The largest absolute Gasteiger partial charge is 0.314 e. The Kier molecular flexibility index (Phi) is 4.50. The van der Waals surface area contributed by atoms with Crippen LogP contribution in [0.1, 0.15) is 31.9 Å². The minimum absolute atomic E-state index is 0.179. The first-order chi connectivity index (χ1) is 9.17. The average molecular weight is 263 g/mol. The molecule has 19 heavy (non-hydrogen) atoms. The van der Waals surface area contributed by atoms with Gasteiger partial charge in [0.05, 0.1) is 4.92 Å². The summed E-state index contributed by atoms with van der Waals surface area (Å²) >= 11 is 0. The third-order valence-electron chi connectivity index (χ3n) is 3.85. The summed E-state index contributed by atoms with van der Waals surface area (Å²) < 4.78 is 0. The summed E-state index contributed by atoms with van der Waals surface area (Å²) in [6, 6.07) is 7.85. The standard InChI is InChI=1S/C14H21N3O2/c1-3-14(16(4-2)13-9-15-10-13)11-6-5-7-12(8-11)17(18)19/h5-8,13-15H,3-4,9-10H2,1-2H3. The van der Waals surface area contributed by atoms with Gasteiger partial charge in [0.1, 0.15) is 0 Å². The highest BCUT2D eigenvalue weighted by atomic mass is 16.6. The zero-order chi connectivity index (χ0) is 13.8. The fourth-order valence-electron chi connectivity index (χ4n) is 2.75. The zero-order valence-electron chi connectivity index (χ0n) is 11.5. The molecule has 1 aliphatic rings. The van der Waals surface area contributed by atoms with Gasteiger partial charge in [-0.15, -0.1) is 0 Å². The second kappa shape index (κ2) is 6.12. The first-order valence-electron chi connectivity index (χ1n) is 6.88. The molecule has 1 fully saturated rings. The molecule has 104 valence electrons. The van der Waals surface area contributed by atoms with E-state index in [9.17, 15) is 10.1 Å². The fraction of sp³-hybridized carbons (Fsp3) is 0.571. The number of hydrogen-bond donors (Lipinski definition) is 1. The van der Waals surface area contributed by atoms with Gasteiger partial charge in [-0.25, -0.2) is 0 Å². The summed E-state index contributed by atoms with van der Waals surface area (Å²) in [6.45, 7) is 7.28. The van der Waals surface area contributed by atoms with Crippen LogP contribution in [0.2, 0.25) is 0 Å². The van der Waals surface area contributed by atoms with Crippen molar-refractivity contribution < 1.29 is 4.92 Å². The van der Waals surface area contributed by atoms with Crippen molar-refractivity contribution in [2.45, 2.75) is 32.4 Å². The first kappa shape index (κ1) is 14.0. The lowest BCUT2D eigenvalue weighted by Gasteiger charge is -2.42. The monoisotopic (exact) mass is 263 g/mol. The molecule has 5 heteroatoms. The van der Waals surface area contributed by atoms with Crippen molar-refractivity contribution in [2.75, 3.05) is 19.6 Å². The van der Waals surface area contributed by atoms with Crippen LogP contribution in [0.15, 0.2) is 24.3 Å². The molecule has 1 unspecified atom stereocenters. The van der Waals surface area contributed by atoms with Crippen molar-refractivity contribution in [3.05, 3.63) is 39.9 Å². The minimum Gasteiger partial charge on any atom is -0.314 e. The molecule has 1 aliphatic heterocycles. The van der Waals surface area contributed by atoms with Gasteiger partial charge in [0.2, 0.25) is 0 Å². The van der Waals surface area contributed by atoms with Gasteiger partial charge in [-0.3, -0.25) is 15.0 Å². The number of nitro groups is 1. The van der Waals surface area contributed by atoms with Crippen molar-refractivity contribution in [3.8, 4) is 0 Å². The Morgan fingerprint density at radius 3 is 2.68 bits per heavy atom. The normalized spacial score (nSPS) is 17.2. The van der Waals surface area contributed by atoms with Crippen LogP contribution in [0.5, 0.6) is 0 Å². The van der Waals surface area contributed by atoms with Crippen molar-refractivity contribution in [2.24, 2.45) is 0 Å². The van der Waals surface area contributed by atoms with Crippen LogP contribution in [0.4, 0.5) is 5.69 Å². The number of hydrogen-bond acceptors (Lipinski definition) is 4. The van der Waals surface area contributed by atoms with Crippen LogP contribution in [-0.4, -0.2) is 35.5 Å². The molecule has 1 N–H and O–H groups in total. The molecular weight excluding hydrogens is 242 g/mol. The first-order valence-corrected chi connectivity index (χ1v) is 6.88. The predicted molar refractivity (Wildman–Crippen MR) is 75.2 cm³/mol. The molecule has 1 aromatic carbocycles. The number of nitro benzene ring substituents is 1. The van der Waals surface area contributed by atoms with E-state index in [0.717, 1.165) is 31.6 Å². The molecule has 1 aromatic rings. The highest BCUT2D eigenvalue weighted by Crippen LogP contribution is 2.29. The van der Waals surface area contributed by atoms with Gasteiger partial charge in [-0.2, -0.15) is 0 Å². The average Bonchev–Trinajstić information content (AvgIpc) is 2.36. The van der Waals surface area contributed by atoms with Gasteiger partial charge in [-0.1, -0.05) is 26.0 Å². The fourth-order valence-corrected chi connectivity index (χ4v) is 2.75. The van der Waals surface area contributed by atoms with Gasteiger partial charge in [0.15, 0.2) is 0 Å². The molecule has 0 aliphatic carbocycles. The predicted octanol–water partition coefficient (Wildman–Crippen LogP) is 2.34. The molecule has 5 nitrogen and oxygen atoms in total. The highest BCUT2D eigenvalue weighted by molar-refractivity contribution is 5.36. The number of benzene rings is 1. The Balaban J connectivity index is 2.24. The van der Waals surface area contributed by atoms with Crippen molar-refractivity contribution in [1.82, 2.24) is 10.2 Å². The molecule has 1 atom stereocenters. The maximum atomic E-state index is 10.9. The Morgan fingerprint density at radius 2 is 2.21 bits per heavy atom. The molecule has 0 bridgehead atoms. The Labute approximate surface area is 113 Å². The van der Waals surface area contributed by atoms with E-state index in [1.54, 1.807) is 18.2 Å². The third-order valence-corrected chi connectivity index (χ3v) is 3.85. The summed E-state index contributed by atoms with van der Waals surface area (Å²) in [4.78, 5) is 13.0. The van der Waals surface area contributed by atoms with Gasteiger partial charge < -0.3 is 5.32 Å². The Hall–Kier alpha value is -1.46. The molecule has 2 rings (SSSR count). The molecule has 0 aromatic heterocycles. The molecule has 0 amide bonds. The maximum Gasteiger partial charge on any atom is 0.269 e. The van der Waals surface area contributed by atoms with Crippen LogP contribution < -0.4 is 5.32 Å². The van der Waals surface area contributed by atoms with E-state index in [1.165, 1.54) is 0 Å². The molecule has 0 saturated carbocycles. The summed E-state index contributed by atoms with van der Waals surface area (Å²) in [7, 11) is 0. The van der Waals surface area contributed by atoms with Crippen LogP contribution in [0, 0.1) is 10.1 Å². The smallest absolute Gasteiger partial charge is 0.269 e. The molecular formula is C14H21N3O2. The minimum atomic E-state index is -0.322. The van der Waals surface area contributed by atoms with Gasteiger partial charge >= 0.3 is 0 Å².